The monoisotopic (exact) mass is 433 g/mol. The minimum Gasteiger partial charge on any atom is -0.494 e. The Balaban J connectivity index is 1.60. The predicted octanol–water partition coefficient (Wildman–Crippen LogP) is 4.73. The zero-order chi connectivity index (χ0) is 19.8. The van der Waals surface area contributed by atoms with Gasteiger partial charge < -0.3 is 10.1 Å². The van der Waals surface area contributed by atoms with Gasteiger partial charge in [0.2, 0.25) is 4.96 Å². The van der Waals surface area contributed by atoms with Gasteiger partial charge in [0.05, 0.1) is 17.2 Å². The molecular formula is C18H13Cl2N5O2S. The number of anilines is 1. The number of amides is 1. The first-order chi connectivity index (χ1) is 13.5. The van der Waals surface area contributed by atoms with Gasteiger partial charge >= 0.3 is 0 Å². The third kappa shape index (κ3) is 3.42. The number of rotatable bonds is 4. The summed E-state index contributed by atoms with van der Waals surface area (Å²) in [7, 11) is 1.46. The molecule has 28 heavy (non-hydrogen) atoms. The van der Waals surface area contributed by atoms with Crippen molar-refractivity contribution in [1.82, 2.24) is 19.8 Å². The van der Waals surface area contributed by atoms with E-state index in [1.165, 1.54) is 30.6 Å². The van der Waals surface area contributed by atoms with Crippen LogP contribution in [0.2, 0.25) is 10.0 Å². The topological polar surface area (TPSA) is 81.4 Å². The number of hydrogen-bond acceptors (Lipinski definition) is 6. The van der Waals surface area contributed by atoms with Crippen molar-refractivity contribution in [3.05, 3.63) is 57.8 Å². The summed E-state index contributed by atoms with van der Waals surface area (Å²) in [6.07, 6.45) is 0. The zero-order valence-corrected chi connectivity index (χ0v) is 17.1. The molecule has 0 aliphatic carbocycles. The van der Waals surface area contributed by atoms with Crippen molar-refractivity contribution in [2.24, 2.45) is 0 Å². The minimum atomic E-state index is -0.336. The molecule has 0 aliphatic heterocycles. The van der Waals surface area contributed by atoms with Crippen molar-refractivity contribution >= 4 is 51.1 Å². The van der Waals surface area contributed by atoms with Gasteiger partial charge in [0.15, 0.2) is 11.6 Å². The van der Waals surface area contributed by atoms with E-state index in [0.29, 0.717) is 22.0 Å². The van der Waals surface area contributed by atoms with E-state index < -0.39 is 0 Å². The molecule has 0 unspecified atom stereocenters. The van der Waals surface area contributed by atoms with Crippen molar-refractivity contribution < 1.29 is 9.53 Å². The van der Waals surface area contributed by atoms with Crippen LogP contribution in [0.5, 0.6) is 5.75 Å². The number of methoxy groups -OCH3 is 1. The lowest BCUT2D eigenvalue weighted by Crippen LogP contribution is -2.12. The number of ether oxygens (including phenoxy) is 1. The highest BCUT2D eigenvalue weighted by Crippen LogP contribution is 2.34. The maximum absolute atomic E-state index is 12.6. The van der Waals surface area contributed by atoms with Gasteiger partial charge in [-0.1, -0.05) is 46.7 Å². The van der Waals surface area contributed by atoms with E-state index in [1.807, 2.05) is 25.1 Å². The van der Waals surface area contributed by atoms with Crippen LogP contribution in [0.1, 0.15) is 16.2 Å². The summed E-state index contributed by atoms with van der Waals surface area (Å²) in [5.74, 6) is 0.716. The van der Waals surface area contributed by atoms with Crippen molar-refractivity contribution in [3.8, 4) is 16.3 Å². The Morgan fingerprint density at radius 3 is 2.61 bits per heavy atom. The van der Waals surface area contributed by atoms with Crippen LogP contribution in [0.25, 0.3) is 15.5 Å². The Hall–Kier alpha value is -2.68. The lowest BCUT2D eigenvalue weighted by Gasteiger charge is -2.10. The molecule has 4 aromatic rings. The van der Waals surface area contributed by atoms with Gasteiger partial charge in [-0.3, -0.25) is 4.79 Å². The lowest BCUT2D eigenvalue weighted by atomic mass is 10.1. The standard InChI is InChI=1S/C18H13Cl2N5O2S/c1-9-22-23-18-25(9)24-17(28-18)10-4-3-5-12(6-10)21-16(26)11-7-13(19)15(27-2)14(20)8-11/h3-8H,1-2H3,(H,21,26). The molecule has 0 spiro atoms. The van der Waals surface area contributed by atoms with Gasteiger partial charge in [0.25, 0.3) is 5.91 Å². The summed E-state index contributed by atoms with van der Waals surface area (Å²) in [5, 5.41) is 16.7. The Morgan fingerprint density at radius 1 is 1.18 bits per heavy atom. The van der Waals surface area contributed by atoms with Crippen molar-refractivity contribution in [3.63, 3.8) is 0 Å². The molecule has 0 fully saturated rings. The molecule has 0 atom stereocenters. The first-order valence-electron chi connectivity index (χ1n) is 8.10. The second-order valence-electron chi connectivity index (χ2n) is 5.86. The number of nitrogens with one attached hydrogen (secondary N) is 1. The lowest BCUT2D eigenvalue weighted by molar-refractivity contribution is 0.102. The molecule has 0 saturated heterocycles. The van der Waals surface area contributed by atoms with Gasteiger partial charge in [0, 0.05) is 16.8 Å². The predicted molar refractivity (Wildman–Crippen MR) is 110 cm³/mol. The molecule has 0 bridgehead atoms. The van der Waals surface area contributed by atoms with E-state index in [1.54, 1.807) is 10.6 Å². The van der Waals surface area contributed by atoms with Crippen LogP contribution in [0.3, 0.4) is 0 Å². The van der Waals surface area contributed by atoms with Crippen LogP contribution in [0, 0.1) is 6.92 Å². The summed E-state index contributed by atoms with van der Waals surface area (Å²) < 4.78 is 6.79. The molecule has 1 amide bonds. The smallest absolute Gasteiger partial charge is 0.255 e. The second kappa shape index (κ2) is 7.38. The molecule has 2 aromatic heterocycles. The fraction of sp³-hybridized carbons (Fsp3) is 0.111. The number of carbonyl (C=O) groups is 1. The number of nitrogens with zero attached hydrogens (tertiary/aromatic N) is 4. The summed E-state index contributed by atoms with van der Waals surface area (Å²) in [4.78, 5) is 13.3. The molecule has 0 radical (unpaired) electrons. The maximum Gasteiger partial charge on any atom is 0.255 e. The average Bonchev–Trinajstić information content (AvgIpc) is 3.24. The first kappa shape index (κ1) is 18.7. The van der Waals surface area contributed by atoms with E-state index >= 15 is 0 Å². The van der Waals surface area contributed by atoms with E-state index in [4.69, 9.17) is 27.9 Å². The van der Waals surface area contributed by atoms with Crippen LogP contribution in [0.15, 0.2) is 36.4 Å². The largest absolute Gasteiger partial charge is 0.494 e. The third-order valence-corrected chi connectivity index (χ3v) is 5.49. The number of benzene rings is 2. The molecule has 0 saturated carbocycles. The first-order valence-corrected chi connectivity index (χ1v) is 9.67. The Kier molecular flexibility index (Phi) is 4.92. The number of aromatic nitrogens is 4. The SMILES string of the molecule is COc1c(Cl)cc(C(=O)Nc2cccc(-c3nn4c(C)nnc4s3)c2)cc1Cl. The number of carbonyl (C=O) groups excluding carboxylic acids is 1. The molecule has 0 aliphatic rings. The number of aryl methyl sites for hydroxylation is 1. The Morgan fingerprint density at radius 2 is 1.93 bits per heavy atom. The zero-order valence-electron chi connectivity index (χ0n) is 14.7. The highest BCUT2D eigenvalue weighted by Gasteiger charge is 2.15. The normalized spacial score (nSPS) is 11.0. The molecule has 2 heterocycles. The van der Waals surface area contributed by atoms with E-state index in [-0.39, 0.29) is 16.0 Å². The van der Waals surface area contributed by atoms with Gasteiger partial charge in [-0.25, -0.2) is 0 Å². The van der Waals surface area contributed by atoms with E-state index in [0.717, 1.165) is 16.4 Å². The van der Waals surface area contributed by atoms with Crippen molar-refractivity contribution in [2.75, 3.05) is 12.4 Å². The van der Waals surface area contributed by atoms with Gasteiger partial charge in [-0.2, -0.15) is 9.61 Å². The van der Waals surface area contributed by atoms with Crippen LogP contribution in [-0.4, -0.2) is 32.8 Å². The van der Waals surface area contributed by atoms with E-state index in [2.05, 4.69) is 20.6 Å². The number of halogens is 2. The molecular weight excluding hydrogens is 421 g/mol. The highest BCUT2D eigenvalue weighted by atomic mass is 35.5. The molecule has 1 N–H and O–H groups in total. The summed E-state index contributed by atoms with van der Waals surface area (Å²) in [6, 6.07) is 10.4. The highest BCUT2D eigenvalue weighted by molar-refractivity contribution is 7.19. The van der Waals surface area contributed by atoms with Crippen LogP contribution < -0.4 is 10.1 Å². The fourth-order valence-electron chi connectivity index (χ4n) is 2.65. The summed E-state index contributed by atoms with van der Waals surface area (Å²) in [6.45, 7) is 1.84. The molecule has 7 nitrogen and oxygen atoms in total. The Labute approximate surface area is 173 Å². The number of fused-ring (bicyclic) bond motifs is 1. The summed E-state index contributed by atoms with van der Waals surface area (Å²) >= 11 is 13.7. The maximum atomic E-state index is 12.6. The number of hydrogen-bond donors (Lipinski definition) is 1. The molecule has 10 heteroatoms. The van der Waals surface area contributed by atoms with Gasteiger partial charge in [0.1, 0.15) is 5.01 Å². The molecule has 142 valence electrons. The van der Waals surface area contributed by atoms with Crippen LogP contribution in [-0.2, 0) is 0 Å². The quantitative estimate of drug-likeness (QED) is 0.502. The fourth-order valence-corrected chi connectivity index (χ4v) is 4.17. The average molecular weight is 434 g/mol. The van der Waals surface area contributed by atoms with Gasteiger partial charge in [-0.15, -0.1) is 10.2 Å². The minimum absolute atomic E-state index is 0.268. The molecule has 2 aromatic carbocycles. The van der Waals surface area contributed by atoms with Crippen LogP contribution in [0.4, 0.5) is 5.69 Å². The third-order valence-electron chi connectivity index (χ3n) is 3.98. The summed E-state index contributed by atoms with van der Waals surface area (Å²) in [5.41, 5.74) is 1.81. The van der Waals surface area contributed by atoms with Crippen molar-refractivity contribution in [2.45, 2.75) is 6.92 Å². The van der Waals surface area contributed by atoms with Crippen LogP contribution >= 0.6 is 34.5 Å². The second-order valence-corrected chi connectivity index (χ2v) is 7.63. The van der Waals surface area contributed by atoms with E-state index in [9.17, 15) is 4.79 Å². The Bertz CT molecular complexity index is 1180. The molecule has 4 rings (SSSR count). The van der Waals surface area contributed by atoms with Crippen molar-refractivity contribution in [1.29, 1.82) is 0 Å². The van der Waals surface area contributed by atoms with Gasteiger partial charge in [-0.05, 0) is 31.2 Å².